The lowest BCUT2D eigenvalue weighted by Gasteiger charge is -2.46. The molecule has 1 N–H and O–H groups in total. The van der Waals surface area contributed by atoms with Gasteiger partial charge < -0.3 is 10.2 Å². The van der Waals surface area contributed by atoms with Crippen molar-refractivity contribution in [3.8, 4) is 0 Å². The fourth-order valence-electron chi connectivity index (χ4n) is 3.80. The summed E-state index contributed by atoms with van der Waals surface area (Å²) in [5, 5.41) is 4.93. The van der Waals surface area contributed by atoms with Crippen molar-refractivity contribution in [1.82, 2.24) is 10.2 Å². The highest BCUT2D eigenvalue weighted by molar-refractivity contribution is 8.05. The normalized spacial score (nSPS) is 22.8. The Hall–Kier alpha value is -1.66. The minimum absolute atomic E-state index is 0.0822. The summed E-state index contributed by atoms with van der Waals surface area (Å²) in [5.41, 5.74) is 2.34. The highest BCUT2D eigenvalue weighted by Crippen LogP contribution is 2.49. The van der Waals surface area contributed by atoms with Crippen molar-refractivity contribution in [1.29, 1.82) is 0 Å². The van der Waals surface area contributed by atoms with E-state index in [0.717, 1.165) is 24.3 Å². The molecule has 3 rings (SSSR count). The summed E-state index contributed by atoms with van der Waals surface area (Å²) >= 11 is 3.48. The van der Waals surface area contributed by atoms with Crippen molar-refractivity contribution in [2.24, 2.45) is 5.92 Å². The molecule has 0 spiro atoms. The first-order chi connectivity index (χ1) is 13.0. The Bertz CT molecular complexity index is 761. The van der Waals surface area contributed by atoms with Crippen LogP contribution in [-0.2, 0) is 16.0 Å². The monoisotopic (exact) mass is 402 g/mol. The van der Waals surface area contributed by atoms with Gasteiger partial charge >= 0.3 is 0 Å². The molecule has 27 heavy (non-hydrogen) atoms. The molecule has 0 aliphatic carbocycles. The zero-order chi connectivity index (χ0) is 19.4. The summed E-state index contributed by atoms with van der Waals surface area (Å²) < 4.78 is 0. The van der Waals surface area contributed by atoms with Crippen LogP contribution in [0.15, 0.2) is 52.5 Å². The Kier molecular flexibility index (Phi) is 6.71. The van der Waals surface area contributed by atoms with Gasteiger partial charge in [0.1, 0.15) is 0 Å². The fourth-order valence-corrected chi connectivity index (χ4v) is 5.70. The first-order valence-corrected chi connectivity index (χ1v) is 11.2. The molecule has 0 saturated carbocycles. The average Bonchev–Trinajstić information content (AvgIpc) is 2.93. The molecular weight excluding hydrogens is 376 g/mol. The van der Waals surface area contributed by atoms with E-state index in [4.69, 9.17) is 0 Å². The van der Waals surface area contributed by atoms with E-state index in [1.165, 1.54) is 17.4 Å². The number of hydrogen-bond acceptors (Lipinski definition) is 4. The number of carbonyl (C=O) groups is 2. The SMILES string of the molecule is CCS[C@@H](C)[C@H]1C(=O)N2C(Cc3ccccc3)=C(SC=CNC(C)=O)C[C@H]12. The Morgan fingerprint density at radius 2 is 2.11 bits per heavy atom. The van der Waals surface area contributed by atoms with Gasteiger partial charge in [-0.1, -0.05) is 55.9 Å². The summed E-state index contributed by atoms with van der Waals surface area (Å²) in [6.45, 7) is 5.81. The van der Waals surface area contributed by atoms with Gasteiger partial charge in [0, 0.05) is 41.8 Å². The van der Waals surface area contributed by atoms with Crippen LogP contribution in [0.1, 0.15) is 32.8 Å². The van der Waals surface area contributed by atoms with E-state index in [2.05, 4.69) is 31.3 Å². The maximum absolute atomic E-state index is 12.9. The summed E-state index contributed by atoms with van der Waals surface area (Å²) in [6, 6.07) is 10.6. The number of nitrogens with one attached hydrogen (secondary N) is 1. The van der Waals surface area contributed by atoms with Gasteiger partial charge in [0.05, 0.1) is 12.0 Å². The van der Waals surface area contributed by atoms with Crippen LogP contribution in [0, 0.1) is 5.92 Å². The predicted octanol–water partition coefficient (Wildman–Crippen LogP) is 4.15. The number of benzene rings is 1. The zero-order valence-electron chi connectivity index (χ0n) is 16.0. The molecule has 0 radical (unpaired) electrons. The molecule has 0 unspecified atom stereocenters. The van der Waals surface area contributed by atoms with Gasteiger partial charge in [-0.25, -0.2) is 0 Å². The van der Waals surface area contributed by atoms with E-state index in [1.54, 1.807) is 18.0 Å². The Morgan fingerprint density at radius 1 is 1.37 bits per heavy atom. The number of hydrogen-bond donors (Lipinski definition) is 1. The fraction of sp³-hybridized carbons (Fsp3) is 0.429. The molecule has 0 bridgehead atoms. The second-order valence-electron chi connectivity index (χ2n) is 6.82. The standard InChI is InChI=1S/C21H26N2O2S2/c1-4-26-14(2)20-18-13-19(27-11-10-22-15(3)24)17(23(18)21(20)25)12-16-8-6-5-7-9-16/h5-11,14,18,20H,4,12-13H2,1-3H3,(H,22,24)/t14-,18+,20+/m0/s1. The molecule has 4 nitrogen and oxygen atoms in total. The number of rotatable bonds is 8. The van der Waals surface area contributed by atoms with Crippen molar-refractivity contribution < 1.29 is 9.59 Å². The van der Waals surface area contributed by atoms with Gasteiger partial charge in [0.15, 0.2) is 0 Å². The zero-order valence-corrected chi connectivity index (χ0v) is 17.6. The van der Waals surface area contributed by atoms with Gasteiger partial charge in [-0.2, -0.15) is 11.8 Å². The van der Waals surface area contributed by atoms with Crippen molar-refractivity contribution in [3.05, 3.63) is 58.1 Å². The van der Waals surface area contributed by atoms with E-state index < -0.39 is 0 Å². The summed E-state index contributed by atoms with van der Waals surface area (Å²) in [6.07, 6.45) is 3.34. The molecule has 2 amide bonds. The number of fused-ring (bicyclic) bond motifs is 1. The highest BCUT2D eigenvalue weighted by atomic mass is 32.2. The van der Waals surface area contributed by atoms with Crippen LogP contribution in [0.3, 0.4) is 0 Å². The van der Waals surface area contributed by atoms with Crippen LogP contribution < -0.4 is 5.32 Å². The lowest BCUT2D eigenvalue weighted by atomic mass is 9.85. The second-order valence-corrected chi connectivity index (χ2v) is 9.47. The number of carbonyl (C=O) groups excluding carboxylic acids is 2. The molecule has 1 aromatic rings. The van der Waals surface area contributed by atoms with Gasteiger partial charge in [0.25, 0.3) is 0 Å². The third-order valence-electron chi connectivity index (χ3n) is 4.99. The molecule has 2 aliphatic heterocycles. The lowest BCUT2D eigenvalue weighted by molar-refractivity contribution is -0.150. The lowest BCUT2D eigenvalue weighted by Crippen LogP contribution is -2.60. The summed E-state index contributed by atoms with van der Waals surface area (Å²) in [4.78, 5) is 27.2. The second kappa shape index (κ2) is 9.02. The van der Waals surface area contributed by atoms with Crippen molar-refractivity contribution in [2.45, 2.75) is 44.9 Å². The number of thioether (sulfide) groups is 2. The molecule has 1 saturated heterocycles. The predicted molar refractivity (Wildman–Crippen MR) is 114 cm³/mol. The third kappa shape index (κ3) is 4.43. The molecule has 0 aromatic heterocycles. The van der Waals surface area contributed by atoms with Crippen LogP contribution in [0.5, 0.6) is 0 Å². The van der Waals surface area contributed by atoms with E-state index in [1.807, 2.05) is 40.3 Å². The minimum Gasteiger partial charge on any atom is -0.332 e. The molecular formula is C21H26N2O2S2. The molecule has 2 heterocycles. The maximum Gasteiger partial charge on any atom is 0.233 e. The van der Waals surface area contributed by atoms with E-state index in [0.29, 0.717) is 5.25 Å². The van der Waals surface area contributed by atoms with Crippen molar-refractivity contribution in [2.75, 3.05) is 5.75 Å². The highest BCUT2D eigenvalue weighted by Gasteiger charge is 2.54. The van der Waals surface area contributed by atoms with Gasteiger partial charge in [0.2, 0.25) is 11.8 Å². The van der Waals surface area contributed by atoms with Crippen LogP contribution in [0.4, 0.5) is 0 Å². The minimum atomic E-state index is -0.0822. The number of nitrogens with zero attached hydrogens (tertiary/aromatic N) is 1. The number of amides is 2. The Morgan fingerprint density at radius 3 is 2.78 bits per heavy atom. The van der Waals surface area contributed by atoms with Gasteiger partial charge in [-0.05, 0) is 16.7 Å². The van der Waals surface area contributed by atoms with E-state index in [-0.39, 0.29) is 23.8 Å². The molecule has 6 heteroatoms. The van der Waals surface area contributed by atoms with E-state index in [9.17, 15) is 9.59 Å². The molecule has 2 aliphatic rings. The molecule has 1 fully saturated rings. The average molecular weight is 403 g/mol. The van der Waals surface area contributed by atoms with Gasteiger partial charge in [-0.15, -0.1) is 0 Å². The van der Waals surface area contributed by atoms with E-state index >= 15 is 0 Å². The summed E-state index contributed by atoms with van der Waals surface area (Å²) in [7, 11) is 0. The quantitative estimate of drug-likeness (QED) is 0.664. The van der Waals surface area contributed by atoms with Crippen molar-refractivity contribution >= 4 is 35.3 Å². The number of allylic oxidation sites excluding steroid dienone is 1. The maximum atomic E-state index is 12.9. The molecule has 1 aromatic carbocycles. The van der Waals surface area contributed by atoms with Crippen LogP contribution >= 0.6 is 23.5 Å². The Labute approximate surface area is 169 Å². The first-order valence-electron chi connectivity index (χ1n) is 9.32. The first kappa shape index (κ1) is 20.1. The molecule has 3 atom stereocenters. The number of β-lactam (4-membered cyclic amide) rings is 1. The smallest absolute Gasteiger partial charge is 0.233 e. The summed E-state index contributed by atoms with van der Waals surface area (Å²) in [5.74, 6) is 1.32. The topological polar surface area (TPSA) is 49.4 Å². The third-order valence-corrected chi connectivity index (χ3v) is 7.10. The molecule has 144 valence electrons. The van der Waals surface area contributed by atoms with Gasteiger partial charge in [-0.3, -0.25) is 9.59 Å². The Balaban J connectivity index is 1.79. The van der Waals surface area contributed by atoms with Crippen molar-refractivity contribution in [3.63, 3.8) is 0 Å². The van der Waals surface area contributed by atoms with Crippen LogP contribution in [0.2, 0.25) is 0 Å². The largest absolute Gasteiger partial charge is 0.332 e. The van der Waals surface area contributed by atoms with Crippen LogP contribution in [0.25, 0.3) is 0 Å². The van der Waals surface area contributed by atoms with Crippen LogP contribution in [-0.4, -0.2) is 33.8 Å².